The van der Waals surface area contributed by atoms with Crippen molar-refractivity contribution in [3.63, 3.8) is 0 Å². The fourth-order valence-electron chi connectivity index (χ4n) is 0. The first-order chi connectivity index (χ1) is 0. The van der Waals surface area contributed by atoms with Gasteiger partial charge in [-0.1, -0.05) is 0 Å². The first-order valence-electron chi connectivity index (χ1n) is 0. The molecule has 0 fully saturated rings. The van der Waals surface area contributed by atoms with Gasteiger partial charge in [-0.3, -0.25) is 0 Å². The third-order valence-corrected chi connectivity index (χ3v) is 0. The second-order valence-electron chi connectivity index (χ2n) is 0. The zero-order chi connectivity index (χ0) is 0. The average Bonchev–Trinajstić information content (AvgIpc) is 0. The second-order valence-corrected chi connectivity index (χ2v) is 0. The van der Waals surface area contributed by atoms with Crippen LogP contribution in [0.5, 0.6) is 0 Å². The van der Waals surface area contributed by atoms with Crippen molar-refractivity contribution in [1.29, 1.82) is 0 Å². The van der Waals surface area contributed by atoms with Crippen LogP contribution in [0, 0.1) is 0 Å². The molecular formula is H12Al4Ni. The molecule has 0 radical (unpaired) electrons. The van der Waals surface area contributed by atoms with Crippen molar-refractivity contribution in [2.45, 2.75) is 0 Å². The van der Waals surface area contributed by atoms with Crippen molar-refractivity contribution < 1.29 is 16.5 Å². The largest absolute Gasteiger partial charge is 0.187 e. The van der Waals surface area contributed by atoms with E-state index in [0.717, 1.165) is 0 Å². The number of hydrogen-bond acceptors (Lipinski definition) is 0. The molecule has 0 bridgehead atoms. The van der Waals surface area contributed by atoms with Crippen molar-refractivity contribution in [3.05, 3.63) is 0 Å². The van der Waals surface area contributed by atoms with Gasteiger partial charge in [0.25, 0.3) is 0 Å². The Labute approximate surface area is 84.9 Å². The standard InChI is InChI=1S/4Al.Ni.12H. The van der Waals surface area contributed by atoms with Gasteiger partial charge in [0.05, 0.1) is 0 Å². The van der Waals surface area contributed by atoms with Gasteiger partial charge in [-0.05, 0) is 0 Å². The Balaban J connectivity index is 0. The molecule has 0 amide bonds. The first kappa shape index (κ1) is 48.6. The van der Waals surface area contributed by atoms with Crippen molar-refractivity contribution in [1.82, 2.24) is 0 Å². The minimum Gasteiger partial charge on any atom is 0 e. The van der Waals surface area contributed by atoms with E-state index < -0.39 is 0 Å². The molecule has 0 unspecified atom stereocenters. The summed E-state index contributed by atoms with van der Waals surface area (Å²) in [5, 5.41) is 0. The Hall–Kier alpha value is 2.62. The van der Waals surface area contributed by atoms with Gasteiger partial charge in [0.1, 0.15) is 0 Å². The van der Waals surface area contributed by atoms with Gasteiger partial charge in [0, 0.05) is 16.5 Å². The van der Waals surface area contributed by atoms with Crippen molar-refractivity contribution in [2.75, 3.05) is 0 Å². The zero-order valence-corrected chi connectivity index (χ0v) is 1.30. The number of rotatable bonds is 0. The minimum atomic E-state index is 0. The van der Waals surface area contributed by atoms with E-state index in [2.05, 4.69) is 0 Å². The van der Waals surface area contributed by atoms with E-state index in [1.54, 1.807) is 0 Å². The third kappa shape index (κ3) is 20.6. The molecule has 0 aromatic rings. The molecule has 0 aliphatic heterocycles. The van der Waals surface area contributed by atoms with Gasteiger partial charge < -0.3 is 0 Å². The zero-order valence-electron chi connectivity index (χ0n) is 0.316. The Morgan fingerprint density at radius 2 is 0.400 bits per heavy atom. The van der Waals surface area contributed by atoms with E-state index in [4.69, 9.17) is 0 Å². The molecule has 0 aliphatic rings. The van der Waals surface area contributed by atoms with E-state index in [-0.39, 0.29) is 85.9 Å². The van der Waals surface area contributed by atoms with Crippen molar-refractivity contribution in [3.8, 4) is 0 Å². The van der Waals surface area contributed by atoms with E-state index in [0.29, 0.717) is 0 Å². The molecule has 34 valence electrons. The molecule has 0 atom stereocenters. The minimum absolute atomic E-state index is 0. The molecule has 0 aromatic heterocycles. The van der Waals surface area contributed by atoms with E-state index in [1.165, 1.54) is 0 Å². The van der Waals surface area contributed by atoms with E-state index >= 15 is 0 Å². The van der Waals surface area contributed by atoms with Crippen LogP contribution in [0.1, 0.15) is 0 Å². The van der Waals surface area contributed by atoms with Crippen LogP contribution in [0.3, 0.4) is 0 Å². The molecule has 0 aromatic carbocycles. The summed E-state index contributed by atoms with van der Waals surface area (Å²) in [5.41, 5.74) is 0. The maximum Gasteiger partial charge on any atom is 0.187 e. The molecule has 0 aliphatic carbocycles. The fourth-order valence-corrected chi connectivity index (χ4v) is 0. The molecule has 0 nitrogen and oxygen atoms in total. The Bertz CT molecular complexity index is 3.61. The summed E-state index contributed by atoms with van der Waals surface area (Å²) in [6.07, 6.45) is 0. The normalized spacial score (nSPS) is 0. The smallest absolute Gasteiger partial charge is 0 e. The van der Waals surface area contributed by atoms with Crippen molar-refractivity contribution >= 4 is 69.4 Å². The number of hydrogen-bond donors (Lipinski definition) is 0. The Morgan fingerprint density at radius 3 is 0.400 bits per heavy atom. The third-order valence-electron chi connectivity index (χ3n) is 0. The maximum absolute atomic E-state index is 0. The monoisotopic (exact) mass is 178 g/mol. The summed E-state index contributed by atoms with van der Waals surface area (Å²) in [4.78, 5) is 0. The predicted molar refractivity (Wildman–Crippen MR) is 39.8 cm³/mol. The molecule has 0 rings (SSSR count). The molecule has 0 N–H and O–H groups in total. The summed E-state index contributed by atoms with van der Waals surface area (Å²) in [6.45, 7) is 0. The topological polar surface area (TPSA) is 0 Å². The van der Waals surface area contributed by atoms with Crippen LogP contribution in [0.25, 0.3) is 0 Å². The van der Waals surface area contributed by atoms with Gasteiger partial charge in [-0.25, -0.2) is 0 Å². The summed E-state index contributed by atoms with van der Waals surface area (Å²) in [6, 6.07) is 0. The molecule has 5 heteroatoms. The quantitative estimate of drug-likeness (QED) is 0.327. The van der Waals surface area contributed by atoms with Gasteiger partial charge in [-0.2, -0.15) is 0 Å². The molecule has 0 saturated carbocycles. The molecule has 5 heavy (non-hydrogen) atoms. The summed E-state index contributed by atoms with van der Waals surface area (Å²) in [5.74, 6) is 0. The van der Waals surface area contributed by atoms with Crippen LogP contribution < -0.4 is 0 Å². The van der Waals surface area contributed by atoms with Gasteiger partial charge in [0.15, 0.2) is 69.4 Å². The summed E-state index contributed by atoms with van der Waals surface area (Å²) in [7, 11) is 0. The van der Waals surface area contributed by atoms with Crippen LogP contribution in [0.4, 0.5) is 0 Å². The second kappa shape index (κ2) is 30.4. The van der Waals surface area contributed by atoms with Crippen LogP contribution in [0.15, 0.2) is 0 Å². The molecule has 0 heterocycles. The Kier molecular flexibility index (Phi) is 296. The average molecular weight is 179 g/mol. The summed E-state index contributed by atoms with van der Waals surface area (Å²) >= 11 is 0. The van der Waals surface area contributed by atoms with Crippen molar-refractivity contribution in [2.24, 2.45) is 0 Å². The van der Waals surface area contributed by atoms with E-state index in [9.17, 15) is 0 Å². The fraction of sp³-hybridized carbons (Fsp3) is 0. The Morgan fingerprint density at radius 1 is 0.400 bits per heavy atom. The molecule has 0 spiro atoms. The van der Waals surface area contributed by atoms with Crippen LogP contribution in [0.2, 0.25) is 0 Å². The van der Waals surface area contributed by atoms with E-state index in [1.807, 2.05) is 0 Å². The first-order valence-corrected chi connectivity index (χ1v) is 0. The van der Waals surface area contributed by atoms with Gasteiger partial charge >= 0.3 is 0 Å². The van der Waals surface area contributed by atoms with Crippen LogP contribution >= 0.6 is 0 Å². The van der Waals surface area contributed by atoms with Crippen LogP contribution in [-0.2, 0) is 16.5 Å². The van der Waals surface area contributed by atoms with Gasteiger partial charge in [-0.15, -0.1) is 0 Å². The SMILES string of the molecule is [AlH3].[AlH3].[AlH3].[AlH3].[Ni]. The van der Waals surface area contributed by atoms with Crippen LogP contribution in [-0.4, -0.2) is 69.4 Å². The molecule has 0 saturated heterocycles. The predicted octanol–water partition coefficient (Wildman–Crippen LogP) is -4.74. The molecular weight excluding hydrogens is 167 g/mol. The van der Waals surface area contributed by atoms with Gasteiger partial charge in [0.2, 0.25) is 0 Å². The maximum atomic E-state index is 0. The summed E-state index contributed by atoms with van der Waals surface area (Å²) < 4.78 is 0.